The van der Waals surface area contributed by atoms with Gasteiger partial charge in [-0.25, -0.2) is 9.66 Å². The van der Waals surface area contributed by atoms with Gasteiger partial charge in [-0.1, -0.05) is 6.07 Å². The standard InChI is InChI=1S/C15H20ClN3/c1-12-5-6-14-13(11-12)17-15(7-8-16)19(14)18-9-3-2-4-10-18/h5-6,11H,2-4,7-10H2,1H3. The SMILES string of the molecule is Cc1ccc2c(c1)nc(CCCl)n2N1CCCCC1. The van der Waals surface area contributed by atoms with E-state index in [0.717, 1.165) is 30.9 Å². The Balaban J connectivity index is 2.09. The highest BCUT2D eigenvalue weighted by Gasteiger charge is 2.18. The van der Waals surface area contributed by atoms with Crippen LogP contribution in [0.3, 0.4) is 0 Å². The van der Waals surface area contributed by atoms with Crippen molar-refractivity contribution in [3.05, 3.63) is 29.6 Å². The first-order valence-corrected chi connectivity index (χ1v) is 7.62. The maximum atomic E-state index is 5.93. The number of imidazole rings is 1. The number of alkyl halides is 1. The fourth-order valence-corrected chi connectivity index (χ4v) is 3.04. The lowest BCUT2D eigenvalue weighted by atomic mass is 10.2. The van der Waals surface area contributed by atoms with E-state index < -0.39 is 0 Å². The number of rotatable bonds is 3. The van der Waals surface area contributed by atoms with Crippen LogP contribution in [0.25, 0.3) is 11.0 Å². The number of aromatic nitrogens is 2. The smallest absolute Gasteiger partial charge is 0.130 e. The van der Waals surface area contributed by atoms with Crippen LogP contribution < -0.4 is 5.01 Å². The van der Waals surface area contributed by atoms with Crippen molar-refractivity contribution in [3.8, 4) is 0 Å². The van der Waals surface area contributed by atoms with Gasteiger partial charge in [-0.3, -0.25) is 0 Å². The lowest BCUT2D eigenvalue weighted by Crippen LogP contribution is -2.40. The Bertz CT molecular complexity index is 570. The van der Waals surface area contributed by atoms with E-state index in [-0.39, 0.29) is 0 Å². The van der Waals surface area contributed by atoms with E-state index in [1.54, 1.807) is 0 Å². The van der Waals surface area contributed by atoms with E-state index >= 15 is 0 Å². The number of nitrogens with zero attached hydrogens (tertiary/aromatic N) is 3. The Morgan fingerprint density at radius 1 is 1.21 bits per heavy atom. The number of hydrogen-bond donors (Lipinski definition) is 0. The van der Waals surface area contributed by atoms with Gasteiger partial charge >= 0.3 is 0 Å². The predicted octanol–water partition coefficient (Wildman–Crippen LogP) is 3.25. The van der Waals surface area contributed by atoms with E-state index in [1.165, 1.54) is 30.3 Å². The van der Waals surface area contributed by atoms with E-state index in [2.05, 4.69) is 34.8 Å². The minimum Gasteiger partial charge on any atom is -0.311 e. The number of fused-ring (bicyclic) bond motifs is 1. The minimum atomic E-state index is 0.621. The zero-order valence-corrected chi connectivity index (χ0v) is 12.2. The number of hydrogen-bond acceptors (Lipinski definition) is 2. The second-order valence-electron chi connectivity index (χ2n) is 5.29. The van der Waals surface area contributed by atoms with Gasteiger partial charge < -0.3 is 5.01 Å². The molecule has 1 saturated heterocycles. The first-order valence-electron chi connectivity index (χ1n) is 7.09. The number of halogens is 1. The van der Waals surface area contributed by atoms with Crippen LogP contribution in [0.2, 0.25) is 0 Å². The third-order valence-electron chi connectivity index (χ3n) is 3.79. The molecule has 1 fully saturated rings. The Morgan fingerprint density at radius 2 is 2.00 bits per heavy atom. The van der Waals surface area contributed by atoms with E-state index in [0.29, 0.717) is 5.88 Å². The van der Waals surface area contributed by atoms with Crippen molar-refractivity contribution in [2.45, 2.75) is 32.6 Å². The highest BCUT2D eigenvalue weighted by Crippen LogP contribution is 2.21. The summed E-state index contributed by atoms with van der Waals surface area (Å²) in [6.07, 6.45) is 4.70. The van der Waals surface area contributed by atoms with Crippen molar-refractivity contribution in [1.29, 1.82) is 0 Å². The molecule has 19 heavy (non-hydrogen) atoms. The average Bonchev–Trinajstić information content (AvgIpc) is 2.77. The molecule has 4 heteroatoms. The Morgan fingerprint density at radius 3 is 2.74 bits per heavy atom. The highest BCUT2D eigenvalue weighted by molar-refractivity contribution is 6.17. The summed E-state index contributed by atoms with van der Waals surface area (Å²) in [7, 11) is 0. The molecule has 0 saturated carbocycles. The monoisotopic (exact) mass is 277 g/mol. The summed E-state index contributed by atoms with van der Waals surface area (Å²) in [5.41, 5.74) is 3.56. The zero-order chi connectivity index (χ0) is 13.2. The molecule has 1 aliphatic rings. The molecule has 0 radical (unpaired) electrons. The summed E-state index contributed by atoms with van der Waals surface area (Å²) in [4.78, 5) is 4.78. The maximum absolute atomic E-state index is 5.93. The number of benzene rings is 1. The summed E-state index contributed by atoms with van der Waals surface area (Å²) in [5, 5.41) is 2.43. The van der Waals surface area contributed by atoms with Gasteiger partial charge in [-0.2, -0.15) is 0 Å². The lowest BCUT2D eigenvalue weighted by Gasteiger charge is -2.31. The van der Waals surface area contributed by atoms with E-state index in [4.69, 9.17) is 16.6 Å². The third kappa shape index (κ3) is 2.44. The fraction of sp³-hybridized carbons (Fsp3) is 0.533. The van der Waals surface area contributed by atoms with Gasteiger partial charge in [0.15, 0.2) is 0 Å². The largest absolute Gasteiger partial charge is 0.311 e. The van der Waals surface area contributed by atoms with Gasteiger partial charge in [0.1, 0.15) is 5.82 Å². The highest BCUT2D eigenvalue weighted by atomic mass is 35.5. The van der Waals surface area contributed by atoms with Crippen LogP contribution >= 0.6 is 11.6 Å². The normalized spacial score (nSPS) is 16.2. The zero-order valence-electron chi connectivity index (χ0n) is 11.4. The van der Waals surface area contributed by atoms with Gasteiger partial charge in [0.25, 0.3) is 0 Å². The van der Waals surface area contributed by atoms with Crippen LogP contribution in [0, 0.1) is 6.92 Å². The second-order valence-corrected chi connectivity index (χ2v) is 5.66. The molecule has 2 heterocycles. The first-order chi connectivity index (χ1) is 9.29. The van der Waals surface area contributed by atoms with Crippen LogP contribution in [-0.4, -0.2) is 28.6 Å². The van der Waals surface area contributed by atoms with Crippen molar-refractivity contribution >= 4 is 22.6 Å². The van der Waals surface area contributed by atoms with Crippen molar-refractivity contribution in [2.24, 2.45) is 0 Å². The third-order valence-corrected chi connectivity index (χ3v) is 3.98. The molecule has 1 aromatic heterocycles. The molecule has 0 amide bonds. The number of piperidine rings is 1. The lowest BCUT2D eigenvalue weighted by molar-refractivity contribution is 0.476. The molecule has 0 N–H and O–H groups in total. The van der Waals surface area contributed by atoms with Crippen LogP contribution in [0.4, 0.5) is 0 Å². The summed E-state index contributed by atoms with van der Waals surface area (Å²) in [6, 6.07) is 6.51. The Kier molecular flexibility index (Phi) is 3.65. The van der Waals surface area contributed by atoms with Crippen molar-refractivity contribution in [3.63, 3.8) is 0 Å². The molecule has 2 aromatic rings. The van der Waals surface area contributed by atoms with Crippen LogP contribution in [-0.2, 0) is 6.42 Å². The first kappa shape index (κ1) is 12.8. The molecule has 3 rings (SSSR count). The van der Waals surface area contributed by atoms with Gasteiger partial charge in [0.2, 0.25) is 0 Å². The number of aryl methyl sites for hydroxylation is 2. The summed E-state index contributed by atoms with van der Waals surface area (Å²) in [6.45, 7) is 4.35. The molecule has 0 bridgehead atoms. The van der Waals surface area contributed by atoms with Gasteiger partial charge in [0, 0.05) is 25.4 Å². The molecule has 0 aliphatic carbocycles. The van der Waals surface area contributed by atoms with Crippen LogP contribution in [0.15, 0.2) is 18.2 Å². The van der Waals surface area contributed by atoms with Crippen molar-refractivity contribution in [1.82, 2.24) is 9.66 Å². The van der Waals surface area contributed by atoms with Crippen LogP contribution in [0.1, 0.15) is 30.7 Å². The topological polar surface area (TPSA) is 21.1 Å². The van der Waals surface area contributed by atoms with E-state index in [9.17, 15) is 0 Å². The average molecular weight is 278 g/mol. The molecule has 1 aliphatic heterocycles. The fourth-order valence-electron chi connectivity index (χ4n) is 2.87. The molecular weight excluding hydrogens is 258 g/mol. The van der Waals surface area contributed by atoms with Crippen molar-refractivity contribution < 1.29 is 0 Å². The maximum Gasteiger partial charge on any atom is 0.130 e. The molecule has 0 unspecified atom stereocenters. The summed E-state index contributed by atoms with van der Waals surface area (Å²) >= 11 is 5.93. The second kappa shape index (κ2) is 5.41. The predicted molar refractivity (Wildman–Crippen MR) is 80.7 cm³/mol. The minimum absolute atomic E-state index is 0.621. The van der Waals surface area contributed by atoms with Gasteiger partial charge in [-0.15, -0.1) is 11.6 Å². The van der Waals surface area contributed by atoms with Crippen LogP contribution in [0.5, 0.6) is 0 Å². The molecule has 1 aromatic carbocycles. The van der Waals surface area contributed by atoms with Gasteiger partial charge in [-0.05, 0) is 43.9 Å². The van der Waals surface area contributed by atoms with Crippen molar-refractivity contribution in [2.75, 3.05) is 24.0 Å². The molecular formula is C15H20ClN3. The summed E-state index contributed by atoms with van der Waals surface area (Å²) in [5.74, 6) is 1.72. The summed E-state index contributed by atoms with van der Waals surface area (Å²) < 4.78 is 2.30. The Hall–Kier alpha value is -1.22. The van der Waals surface area contributed by atoms with Gasteiger partial charge in [0.05, 0.1) is 11.0 Å². The quantitative estimate of drug-likeness (QED) is 0.803. The molecule has 3 nitrogen and oxygen atoms in total. The van der Waals surface area contributed by atoms with E-state index in [1.807, 2.05) is 0 Å². The Labute approximate surface area is 119 Å². The molecule has 0 atom stereocenters. The molecule has 102 valence electrons. The molecule has 0 spiro atoms.